The van der Waals surface area contributed by atoms with Crippen LogP contribution >= 0.6 is 11.3 Å². The number of hydrogen-bond acceptors (Lipinski definition) is 4. The molecule has 1 saturated carbocycles. The van der Waals surface area contributed by atoms with Gasteiger partial charge in [0.1, 0.15) is 4.21 Å². The van der Waals surface area contributed by atoms with Crippen LogP contribution in [0.4, 0.5) is 0 Å². The van der Waals surface area contributed by atoms with Crippen LogP contribution in [0, 0.1) is 0 Å². The normalized spacial score (nSPS) is 15.9. The van der Waals surface area contributed by atoms with E-state index in [1.54, 1.807) is 16.4 Å². The summed E-state index contributed by atoms with van der Waals surface area (Å²) >= 11 is 1.38. The Balaban J connectivity index is 2.17. The summed E-state index contributed by atoms with van der Waals surface area (Å²) in [6, 6.07) is 3.81. The molecule has 0 bridgehead atoms. The molecule has 1 aliphatic rings. The van der Waals surface area contributed by atoms with Crippen LogP contribution in [0.5, 0.6) is 0 Å². The second-order valence-corrected chi connectivity index (χ2v) is 7.95. The Labute approximate surface area is 119 Å². The van der Waals surface area contributed by atoms with E-state index in [0.717, 1.165) is 30.7 Å². The molecule has 19 heavy (non-hydrogen) atoms. The fourth-order valence-corrected chi connectivity index (χ4v) is 5.07. The predicted octanol–water partition coefficient (Wildman–Crippen LogP) is 1.85. The smallest absolute Gasteiger partial charge is 0.253 e. The van der Waals surface area contributed by atoms with Gasteiger partial charge in [-0.05, 0) is 45.0 Å². The summed E-state index contributed by atoms with van der Waals surface area (Å²) in [6.07, 6.45) is 4.45. The summed E-state index contributed by atoms with van der Waals surface area (Å²) in [4.78, 5) is 1.10. The molecule has 1 fully saturated rings. The van der Waals surface area contributed by atoms with E-state index in [9.17, 15) is 8.42 Å². The molecule has 0 atom stereocenters. The summed E-state index contributed by atoms with van der Waals surface area (Å²) in [5, 5.41) is 3.07. The van der Waals surface area contributed by atoms with E-state index < -0.39 is 10.0 Å². The average Bonchev–Trinajstić information content (AvgIpc) is 3.10. The Morgan fingerprint density at radius 2 is 2.26 bits per heavy atom. The van der Waals surface area contributed by atoms with Crippen LogP contribution in [0.3, 0.4) is 0 Å². The van der Waals surface area contributed by atoms with E-state index in [0.29, 0.717) is 10.8 Å². The van der Waals surface area contributed by atoms with Crippen molar-refractivity contribution in [1.29, 1.82) is 0 Å². The molecule has 0 unspecified atom stereocenters. The van der Waals surface area contributed by atoms with Crippen LogP contribution < -0.4 is 5.32 Å². The van der Waals surface area contributed by atoms with Crippen molar-refractivity contribution in [2.45, 2.75) is 29.5 Å². The van der Waals surface area contributed by atoms with Gasteiger partial charge >= 0.3 is 0 Å². The first-order valence-corrected chi connectivity index (χ1v) is 8.71. The molecule has 1 aromatic heterocycles. The Bertz CT molecular complexity index is 533. The number of rotatable bonds is 8. The molecule has 0 saturated heterocycles. The van der Waals surface area contributed by atoms with Crippen LogP contribution in [0.2, 0.25) is 0 Å². The molecule has 2 rings (SSSR count). The van der Waals surface area contributed by atoms with Crippen molar-refractivity contribution in [3.05, 3.63) is 29.7 Å². The Kier molecular flexibility index (Phi) is 4.78. The zero-order valence-corrected chi connectivity index (χ0v) is 12.8. The van der Waals surface area contributed by atoms with Crippen molar-refractivity contribution < 1.29 is 8.42 Å². The van der Waals surface area contributed by atoms with E-state index in [-0.39, 0.29) is 6.04 Å². The first-order chi connectivity index (χ1) is 9.09. The van der Waals surface area contributed by atoms with Gasteiger partial charge in [0.2, 0.25) is 0 Å². The molecule has 0 aliphatic heterocycles. The van der Waals surface area contributed by atoms with Gasteiger partial charge in [-0.1, -0.05) is 6.08 Å². The second-order valence-electron chi connectivity index (χ2n) is 4.67. The molecule has 1 heterocycles. The lowest BCUT2D eigenvalue weighted by molar-refractivity contribution is 0.437. The monoisotopic (exact) mass is 300 g/mol. The first-order valence-electron chi connectivity index (χ1n) is 6.45. The standard InChI is InChI=1S/C13H20N2O2S2/c1-3-10-15(11-4-5-11)19(16,17)13-7-6-12(18-13)8-9-14-2/h3,6-7,11,14H,1,4-5,8-10H2,2H3. The predicted molar refractivity (Wildman–Crippen MR) is 79.1 cm³/mol. The second kappa shape index (κ2) is 6.17. The van der Waals surface area contributed by atoms with Crippen LogP contribution in [0.1, 0.15) is 17.7 Å². The summed E-state index contributed by atoms with van der Waals surface area (Å²) in [7, 11) is -1.45. The molecule has 1 aliphatic carbocycles. The number of hydrogen-bond donors (Lipinski definition) is 1. The summed E-state index contributed by atoms with van der Waals surface area (Å²) in [6.45, 7) is 4.91. The van der Waals surface area contributed by atoms with Gasteiger partial charge in [0, 0.05) is 17.5 Å². The number of likely N-dealkylation sites (N-methyl/N-ethyl adjacent to an activating group) is 1. The molecule has 106 valence electrons. The molecule has 0 spiro atoms. The largest absolute Gasteiger partial charge is 0.319 e. The number of thiophene rings is 1. The summed E-state index contributed by atoms with van der Waals surface area (Å²) < 4.78 is 27.2. The van der Waals surface area contributed by atoms with Crippen molar-refractivity contribution in [2.24, 2.45) is 0 Å². The highest BCUT2D eigenvalue weighted by molar-refractivity contribution is 7.91. The SMILES string of the molecule is C=CCN(C1CC1)S(=O)(=O)c1ccc(CCNC)s1. The van der Waals surface area contributed by atoms with Crippen molar-refractivity contribution in [2.75, 3.05) is 20.1 Å². The Hall–Kier alpha value is -0.690. The number of nitrogens with zero attached hydrogens (tertiary/aromatic N) is 1. The molecule has 6 heteroatoms. The van der Waals surface area contributed by atoms with E-state index in [4.69, 9.17) is 0 Å². The van der Waals surface area contributed by atoms with Gasteiger partial charge in [-0.2, -0.15) is 4.31 Å². The number of sulfonamides is 1. The fourth-order valence-electron chi connectivity index (χ4n) is 1.93. The van der Waals surface area contributed by atoms with Gasteiger partial charge in [0.25, 0.3) is 10.0 Å². The zero-order valence-electron chi connectivity index (χ0n) is 11.1. The maximum Gasteiger partial charge on any atom is 0.253 e. The lowest BCUT2D eigenvalue weighted by atomic mass is 10.3. The maximum absolute atomic E-state index is 12.6. The van der Waals surface area contributed by atoms with Gasteiger partial charge < -0.3 is 5.32 Å². The van der Waals surface area contributed by atoms with Gasteiger partial charge in [0.15, 0.2) is 0 Å². The molecular formula is C13H20N2O2S2. The van der Waals surface area contributed by atoms with Gasteiger partial charge in [0.05, 0.1) is 0 Å². The van der Waals surface area contributed by atoms with Crippen molar-refractivity contribution >= 4 is 21.4 Å². The van der Waals surface area contributed by atoms with Gasteiger partial charge in [-0.3, -0.25) is 0 Å². The van der Waals surface area contributed by atoms with Crippen LogP contribution in [-0.4, -0.2) is 38.9 Å². The maximum atomic E-state index is 12.6. The zero-order chi connectivity index (χ0) is 13.9. The lowest BCUT2D eigenvalue weighted by Crippen LogP contribution is -2.32. The highest BCUT2D eigenvalue weighted by Gasteiger charge is 2.37. The van der Waals surface area contributed by atoms with Gasteiger partial charge in [-0.25, -0.2) is 8.42 Å². The Morgan fingerprint density at radius 1 is 1.53 bits per heavy atom. The van der Waals surface area contributed by atoms with E-state index in [1.807, 2.05) is 13.1 Å². The first kappa shape index (κ1) is 14.7. The van der Waals surface area contributed by atoms with Crippen molar-refractivity contribution in [3.63, 3.8) is 0 Å². The molecule has 4 nitrogen and oxygen atoms in total. The molecule has 0 aromatic carbocycles. The third kappa shape index (κ3) is 3.45. The minimum Gasteiger partial charge on any atom is -0.319 e. The van der Waals surface area contributed by atoms with Crippen molar-refractivity contribution in [1.82, 2.24) is 9.62 Å². The molecule has 0 amide bonds. The molecular weight excluding hydrogens is 280 g/mol. The summed E-state index contributed by atoms with van der Waals surface area (Å²) in [5.74, 6) is 0. The van der Waals surface area contributed by atoms with E-state index >= 15 is 0 Å². The lowest BCUT2D eigenvalue weighted by Gasteiger charge is -2.18. The topological polar surface area (TPSA) is 49.4 Å². The van der Waals surface area contributed by atoms with E-state index in [2.05, 4.69) is 11.9 Å². The summed E-state index contributed by atoms with van der Waals surface area (Å²) in [5.41, 5.74) is 0. The quantitative estimate of drug-likeness (QED) is 0.745. The van der Waals surface area contributed by atoms with Crippen LogP contribution in [0.25, 0.3) is 0 Å². The van der Waals surface area contributed by atoms with Crippen LogP contribution in [-0.2, 0) is 16.4 Å². The molecule has 0 radical (unpaired) electrons. The highest BCUT2D eigenvalue weighted by atomic mass is 32.2. The fraction of sp³-hybridized carbons (Fsp3) is 0.538. The average molecular weight is 300 g/mol. The molecule has 1 N–H and O–H groups in total. The number of nitrogens with one attached hydrogen (secondary N) is 1. The van der Waals surface area contributed by atoms with Crippen LogP contribution in [0.15, 0.2) is 29.0 Å². The van der Waals surface area contributed by atoms with Gasteiger partial charge in [-0.15, -0.1) is 17.9 Å². The highest BCUT2D eigenvalue weighted by Crippen LogP contribution is 2.34. The third-order valence-electron chi connectivity index (χ3n) is 3.08. The minimum atomic E-state index is -3.34. The molecule has 1 aromatic rings. The van der Waals surface area contributed by atoms with E-state index in [1.165, 1.54) is 11.3 Å². The minimum absolute atomic E-state index is 0.172. The van der Waals surface area contributed by atoms with Crippen molar-refractivity contribution in [3.8, 4) is 0 Å². The Morgan fingerprint density at radius 3 is 2.84 bits per heavy atom. The third-order valence-corrected chi connectivity index (χ3v) is 6.62.